The van der Waals surface area contributed by atoms with E-state index >= 15 is 0 Å². The van der Waals surface area contributed by atoms with Crippen molar-refractivity contribution in [3.63, 3.8) is 0 Å². The Bertz CT molecular complexity index is 1010. The molecule has 4 rings (SSSR count). The van der Waals surface area contributed by atoms with Gasteiger partial charge in [-0.25, -0.2) is 0 Å². The Morgan fingerprint density at radius 1 is 1.15 bits per heavy atom. The van der Waals surface area contributed by atoms with E-state index in [2.05, 4.69) is 41.2 Å². The topological polar surface area (TPSA) is 54.3 Å². The molecular formula is C21H23N3O2. The molecule has 5 heteroatoms. The molecule has 1 atom stereocenters. The first-order chi connectivity index (χ1) is 12.5. The van der Waals surface area contributed by atoms with Crippen molar-refractivity contribution in [3.8, 4) is 0 Å². The predicted octanol–water partition coefficient (Wildman–Crippen LogP) is 2.61. The van der Waals surface area contributed by atoms with E-state index in [-0.39, 0.29) is 17.9 Å². The van der Waals surface area contributed by atoms with Gasteiger partial charge in [-0.05, 0) is 30.7 Å². The molecule has 1 fully saturated rings. The highest BCUT2D eigenvalue weighted by atomic mass is 16.2. The number of carbonyl (C=O) groups excluding carboxylic acids is 2. The molecule has 0 spiro atoms. The summed E-state index contributed by atoms with van der Waals surface area (Å²) in [7, 11) is 2.07. The van der Waals surface area contributed by atoms with E-state index in [9.17, 15) is 9.59 Å². The van der Waals surface area contributed by atoms with Gasteiger partial charge in [0.2, 0.25) is 11.8 Å². The van der Waals surface area contributed by atoms with Gasteiger partial charge in [0.15, 0.2) is 0 Å². The fourth-order valence-electron chi connectivity index (χ4n) is 3.87. The molecule has 1 saturated heterocycles. The molecule has 3 aromatic rings. The summed E-state index contributed by atoms with van der Waals surface area (Å²) in [6.07, 6.45) is 0.732. The van der Waals surface area contributed by atoms with Crippen LogP contribution in [0.5, 0.6) is 0 Å². The maximum absolute atomic E-state index is 12.8. The lowest BCUT2D eigenvalue weighted by atomic mass is 10.1. The first kappa shape index (κ1) is 16.6. The van der Waals surface area contributed by atoms with E-state index in [4.69, 9.17) is 0 Å². The molecule has 26 heavy (non-hydrogen) atoms. The molecule has 0 unspecified atom stereocenters. The van der Waals surface area contributed by atoms with E-state index in [0.29, 0.717) is 25.9 Å². The summed E-state index contributed by atoms with van der Waals surface area (Å²) in [6.45, 7) is 2.99. The van der Waals surface area contributed by atoms with Crippen molar-refractivity contribution in [2.75, 3.05) is 13.1 Å². The lowest BCUT2D eigenvalue weighted by Gasteiger charge is -2.26. The number of para-hydroxylation sites is 1. The molecule has 134 valence electrons. The van der Waals surface area contributed by atoms with Gasteiger partial charge >= 0.3 is 0 Å². The summed E-state index contributed by atoms with van der Waals surface area (Å²) >= 11 is 0. The quantitative estimate of drug-likeness (QED) is 0.773. The number of aryl methyl sites for hydroxylation is 1. The summed E-state index contributed by atoms with van der Waals surface area (Å²) in [5.74, 6) is 0.0953. The second-order valence-corrected chi connectivity index (χ2v) is 7.09. The third-order valence-electron chi connectivity index (χ3n) is 5.36. The number of hydrogen-bond donors (Lipinski definition) is 1. The third kappa shape index (κ3) is 2.83. The smallest absolute Gasteiger partial charge is 0.227 e. The first-order valence-corrected chi connectivity index (χ1v) is 9.07. The SMILES string of the molecule is C[C@H]1CNC(=O)CCN1C(=O)Cc1ccc2c(c1)c1ccccc1n2C. The van der Waals surface area contributed by atoms with Gasteiger partial charge in [0.05, 0.1) is 6.42 Å². The predicted molar refractivity (Wildman–Crippen MR) is 103 cm³/mol. The van der Waals surface area contributed by atoms with Crippen LogP contribution >= 0.6 is 0 Å². The standard InChI is InChI=1S/C21H23N3O2/c1-14-13-22-20(25)9-10-24(14)21(26)12-15-7-8-19-17(11-15)16-5-3-4-6-18(16)23(19)2/h3-8,11,14H,9-10,12-13H2,1-2H3,(H,22,25)/t14-/m0/s1. The third-order valence-corrected chi connectivity index (χ3v) is 5.36. The number of nitrogens with zero attached hydrogens (tertiary/aromatic N) is 2. The van der Waals surface area contributed by atoms with E-state index in [1.807, 2.05) is 30.0 Å². The zero-order valence-corrected chi connectivity index (χ0v) is 15.2. The molecule has 2 aromatic carbocycles. The molecule has 2 amide bonds. The number of benzene rings is 2. The first-order valence-electron chi connectivity index (χ1n) is 9.07. The normalized spacial score (nSPS) is 18.2. The fourth-order valence-corrected chi connectivity index (χ4v) is 3.87. The van der Waals surface area contributed by atoms with Crippen LogP contribution in [0.3, 0.4) is 0 Å². The van der Waals surface area contributed by atoms with Crippen molar-refractivity contribution in [1.29, 1.82) is 0 Å². The summed E-state index contributed by atoms with van der Waals surface area (Å²) in [5, 5.41) is 5.24. The number of nitrogens with one attached hydrogen (secondary N) is 1. The Kier molecular flexibility index (Phi) is 4.15. The van der Waals surface area contributed by atoms with Crippen LogP contribution < -0.4 is 5.32 Å². The maximum atomic E-state index is 12.8. The highest BCUT2D eigenvalue weighted by Crippen LogP contribution is 2.29. The number of aromatic nitrogens is 1. The number of fused-ring (bicyclic) bond motifs is 3. The Balaban J connectivity index is 1.64. The second kappa shape index (κ2) is 6.48. The number of rotatable bonds is 2. The fraction of sp³-hybridized carbons (Fsp3) is 0.333. The van der Waals surface area contributed by atoms with Gasteiger partial charge in [0, 0.05) is 54.4 Å². The molecule has 1 aliphatic rings. The molecule has 1 aliphatic heterocycles. The van der Waals surface area contributed by atoms with Crippen LogP contribution in [0.15, 0.2) is 42.5 Å². The average Bonchev–Trinajstić information content (AvgIpc) is 2.80. The molecule has 0 aliphatic carbocycles. The zero-order valence-electron chi connectivity index (χ0n) is 15.2. The highest BCUT2D eigenvalue weighted by Gasteiger charge is 2.24. The van der Waals surface area contributed by atoms with Crippen molar-refractivity contribution >= 4 is 33.6 Å². The molecular weight excluding hydrogens is 326 g/mol. The number of carbonyl (C=O) groups is 2. The Morgan fingerprint density at radius 2 is 1.92 bits per heavy atom. The molecule has 0 saturated carbocycles. The van der Waals surface area contributed by atoms with Crippen molar-refractivity contribution in [2.24, 2.45) is 7.05 Å². The minimum absolute atomic E-state index is 0.0179. The monoisotopic (exact) mass is 349 g/mol. The van der Waals surface area contributed by atoms with Crippen molar-refractivity contribution in [3.05, 3.63) is 48.0 Å². The minimum Gasteiger partial charge on any atom is -0.354 e. The van der Waals surface area contributed by atoms with Gasteiger partial charge in [0.25, 0.3) is 0 Å². The van der Waals surface area contributed by atoms with Gasteiger partial charge in [-0.1, -0.05) is 24.3 Å². The number of amides is 2. The molecule has 1 aromatic heterocycles. The zero-order chi connectivity index (χ0) is 18.3. The van der Waals surface area contributed by atoms with Crippen LogP contribution in [-0.2, 0) is 23.1 Å². The highest BCUT2D eigenvalue weighted by molar-refractivity contribution is 6.08. The van der Waals surface area contributed by atoms with Crippen LogP contribution in [-0.4, -0.2) is 40.4 Å². The largest absolute Gasteiger partial charge is 0.354 e. The van der Waals surface area contributed by atoms with Crippen LogP contribution in [0.25, 0.3) is 21.8 Å². The Labute approximate surface area is 152 Å². The Hall–Kier alpha value is -2.82. The minimum atomic E-state index is 0.0179. The van der Waals surface area contributed by atoms with Crippen molar-refractivity contribution in [1.82, 2.24) is 14.8 Å². The van der Waals surface area contributed by atoms with Crippen LogP contribution in [0.2, 0.25) is 0 Å². The molecule has 5 nitrogen and oxygen atoms in total. The van der Waals surface area contributed by atoms with Gasteiger partial charge in [-0.2, -0.15) is 0 Å². The van der Waals surface area contributed by atoms with E-state index in [0.717, 1.165) is 5.56 Å². The number of hydrogen-bond acceptors (Lipinski definition) is 2. The Morgan fingerprint density at radius 3 is 2.77 bits per heavy atom. The van der Waals surface area contributed by atoms with E-state index < -0.39 is 0 Å². The maximum Gasteiger partial charge on any atom is 0.227 e. The summed E-state index contributed by atoms with van der Waals surface area (Å²) in [4.78, 5) is 26.2. The van der Waals surface area contributed by atoms with Gasteiger partial charge in [-0.15, -0.1) is 0 Å². The van der Waals surface area contributed by atoms with Gasteiger partial charge < -0.3 is 14.8 Å². The van der Waals surface area contributed by atoms with E-state index in [1.54, 1.807) is 0 Å². The van der Waals surface area contributed by atoms with Crippen LogP contribution in [0, 0.1) is 0 Å². The average molecular weight is 349 g/mol. The molecule has 0 radical (unpaired) electrons. The van der Waals surface area contributed by atoms with Gasteiger partial charge in [0.1, 0.15) is 0 Å². The molecule has 1 N–H and O–H groups in total. The lowest BCUT2D eigenvalue weighted by Crippen LogP contribution is -2.42. The van der Waals surface area contributed by atoms with Crippen LogP contribution in [0.4, 0.5) is 0 Å². The second-order valence-electron chi connectivity index (χ2n) is 7.09. The van der Waals surface area contributed by atoms with Gasteiger partial charge in [-0.3, -0.25) is 9.59 Å². The van der Waals surface area contributed by atoms with Crippen molar-refractivity contribution < 1.29 is 9.59 Å². The van der Waals surface area contributed by atoms with E-state index in [1.165, 1.54) is 21.8 Å². The summed E-state index contributed by atoms with van der Waals surface area (Å²) in [5.41, 5.74) is 3.37. The molecule has 0 bridgehead atoms. The van der Waals surface area contributed by atoms with Crippen LogP contribution in [0.1, 0.15) is 18.9 Å². The molecule has 2 heterocycles. The summed E-state index contributed by atoms with van der Waals surface area (Å²) in [6, 6.07) is 14.6. The van der Waals surface area contributed by atoms with Crippen molar-refractivity contribution in [2.45, 2.75) is 25.8 Å². The lowest BCUT2D eigenvalue weighted by molar-refractivity contribution is -0.132. The summed E-state index contributed by atoms with van der Waals surface area (Å²) < 4.78 is 2.18.